The number of carbonyl (C=O) groups excluding carboxylic acids is 2. The number of likely N-dealkylation sites (N-methyl/N-ethyl adjacent to an activating group) is 1. The van der Waals surface area contributed by atoms with E-state index in [1.807, 2.05) is 13.8 Å². The average Bonchev–Trinajstić information content (AvgIpc) is 2.72. The second kappa shape index (κ2) is 10.6. The van der Waals surface area contributed by atoms with E-state index in [0.717, 1.165) is 21.7 Å². The van der Waals surface area contributed by atoms with Crippen LogP contribution in [0.3, 0.4) is 0 Å². The van der Waals surface area contributed by atoms with Crippen molar-refractivity contribution >= 4 is 27.5 Å². The maximum absolute atomic E-state index is 14.3. The average molecular weight is 464 g/mol. The maximum atomic E-state index is 14.3. The van der Waals surface area contributed by atoms with E-state index < -0.39 is 40.2 Å². The molecule has 0 spiro atoms. The third-order valence-electron chi connectivity index (χ3n) is 5.27. The molecule has 7 nitrogen and oxygen atoms in total. The molecule has 0 fully saturated rings. The molecule has 0 saturated carbocycles. The second-order valence-electron chi connectivity index (χ2n) is 7.72. The van der Waals surface area contributed by atoms with Gasteiger partial charge >= 0.3 is 0 Å². The molecule has 32 heavy (non-hydrogen) atoms. The lowest BCUT2D eigenvalue weighted by molar-refractivity contribution is -0.139. The van der Waals surface area contributed by atoms with Crippen LogP contribution in [0, 0.1) is 19.7 Å². The molecule has 0 aliphatic carbocycles. The van der Waals surface area contributed by atoms with Crippen molar-refractivity contribution in [3.8, 4) is 0 Å². The Morgan fingerprint density at radius 1 is 1.09 bits per heavy atom. The molecule has 0 radical (unpaired) electrons. The lowest BCUT2D eigenvalue weighted by Crippen LogP contribution is -2.51. The van der Waals surface area contributed by atoms with Crippen LogP contribution in [0.1, 0.15) is 30.5 Å². The summed E-state index contributed by atoms with van der Waals surface area (Å²) in [5, 5.41) is 2.65. The lowest BCUT2D eigenvalue weighted by atomic mass is 10.1. The van der Waals surface area contributed by atoms with Gasteiger partial charge in [-0.15, -0.1) is 0 Å². The quantitative estimate of drug-likeness (QED) is 0.620. The number of amides is 2. The fourth-order valence-electron chi connectivity index (χ4n) is 3.21. The van der Waals surface area contributed by atoms with Gasteiger partial charge in [-0.05, 0) is 57.0 Å². The smallest absolute Gasteiger partial charge is 0.244 e. The summed E-state index contributed by atoms with van der Waals surface area (Å²) in [6.07, 6.45) is 1.02. The first kappa shape index (κ1) is 25.3. The van der Waals surface area contributed by atoms with Gasteiger partial charge in [0.25, 0.3) is 0 Å². The number of nitrogens with one attached hydrogen (secondary N) is 1. The Balaban J connectivity index is 2.42. The molecule has 174 valence electrons. The van der Waals surface area contributed by atoms with Crippen LogP contribution in [0.2, 0.25) is 0 Å². The summed E-state index contributed by atoms with van der Waals surface area (Å²) in [6, 6.07) is 10.1. The number of hydrogen-bond acceptors (Lipinski definition) is 4. The molecule has 0 aliphatic rings. The summed E-state index contributed by atoms with van der Waals surface area (Å²) in [5.41, 5.74) is 2.44. The van der Waals surface area contributed by atoms with E-state index in [0.29, 0.717) is 12.2 Å². The Hall–Kier alpha value is -2.94. The molecule has 0 unspecified atom stereocenters. The number of halogens is 1. The fraction of sp³-hybridized carbons (Fsp3) is 0.391. The van der Waals surface area contributed by atoms with Crippen molar-refractivity contribution in [1.82, 2.24) is 10.2 Å². The van der Waals surface area contributed by atoms with E-state index in [1.165, 1.54) is 30.0 Å². The summed E-state index contributed by atoms with van der Waals surface area (Å²) in [4.78, 5) is 27.0. The van der Waals surface area contributed by atoms with E-state index >= 15 is 0 Å². The Kier molecular flexibility index (Phi) is 8.38. The van der Waals surface area contributed by atoms with E-state index in [-0.39, 0.29) is 12.1 Å². The molecule has 1 N–H and O–H groups in total. The predicted octanol–water partition coefficient (Wildman–Crippen LogP) is 2.76. The molecule has 0 aliphatic heterocycles. The minimum absolute atomic E-state index is 0.172. The highest BCUT2D eigenvalue weighted by molar-refractivity contribution is 7.92. The Bertz CT molecular complexity index is 1090. The largest absolute Gasteiger partial charge is 0.355 e. The molecule has 0 saturated heterocycles. The van der Waals surface area contributed by atoms with E-state index in [4.69, 9.17) is 0 Å². The van der Waals surface area contributed by atoms with Crippen LogP contribution >= 0.6 is 0 Å². The highest BCUT2D eigenvalue weighted by Crippen LogP contribution is 2.22. The summed E-state index contributed by atoms with van der Waals surface area (Å²) < 4.78 is 40.3. The molecular formula is C23H30FN3O4S. The van der Waals surface area contributed by atoms with Crippen molar-refractivity contribution in [2.75, 3.05) is 23.7 Å². The topological polar surface area (TPSA) is 86.8 Å². The van der Waals surface area contributed by atoms with Gasteiger partial charge in [-0.25, -0.2) is 12.8 Å². The van der Waals surface area contributed by atoms with Gasteiger partial charge in [0, 0.05) is 18.7 Å². The van der Waals surface area contributed by atoms with Gasteiger partial charge < -0.3 is 10.2 Å². The van der Waals surface area contributed by atoms with Crippen molar-refractivity contribution in [2.45, 2.75) is 40.3 Å². The lowest BCUT2D eigenvalue weighted by Gasteiger charge is -2.31. The van der Waals surface area contributed by atoms with Gasteiger partial charge in [0.1, 0.15) is 18.4 Å². The monoisotopic (exact) mass is 463 g/mol. The number of aryl methyl sites for hydroxylation is 2. The van der Waals surface area contributed by atoms with Gasteiger partial charge in [-0.3, -0.25) is 13.9 Å². The zero-order valence-electron chi connectivity index (χ0n) is 19.1. The van der Waals surface area contributed by atoms with Crippen LogP contribution in [0.15, 0.2) is 42.5 Å². The third-order valence-corrected chi connectivity index (χ3v) is 6.42. The SMILES string of the molecule is CCNC(=O)[C@@H](C)N(Cc1ccccc1F)C(=O)CN(c1ccc(C)c(C)c1)S(C)(=O)=O. The highest BCUT2D eigenvalue weighted by Gasteiger charge is 2.30. The number of nitrogens with zero attached hydrogens (tertiary/aromatic N) is 2. The molecule has 2 aromatic rings. The minimum atomic E-state index is -3.80. The Morgan fingerprint density at radius 3 is 2.31 bits per heavy atom. The molecule has 2 amide bonds. The fourth-order valence-corrected chi connectivity index (χ4v) is 4.05. The van der Waals surface area contributed by atoms with Crippen molar-refractivity contribution in [3.05, 3.63) is 65.0 Å². The predicted molar refractivity (Wildman–Crippen MR) is 123 cm³/mol. The zero-order chi connectivity index (χ0) is 24.1. The van der Waals surface area contributed by atoms with Crippen molar-refractivity contribution in [3.63, 3.8) is 0 Å². The molecule has 0 heterocycles. The minimum Gasteiger partial charge on any atom is -0.355 e. The molecule has 0 bridgehead atoms. The van der Waals surface area contributed by atoms with Gasteiger partial charge in [0.2, 0.25) is 21.8 Å². The van der Waals surface area contributed by atoms with E-state index in [1.54, 1.807) is 31.2 Å². The third kappa shape index (κ3) is 6.29. The number of anilines is 1. The van der Waals surface area contributed by atoms with Crippen molar-refractivity contribution in [2.24, 2.45) is 0 Å². The number of hydrogen-bond donors (Lipinski definition) is 1. The van der Waals surface area contributed by atoms with Crippen LogP contribution in [-0.2, 0) is 26.2 Å². The molecule has 1 atom stereocenters. The van der Waals surface area contributed by atoms with Crippen LogP contribution in [0.5, 0.6) is 0 Å². The first-order valence-corrected chi connectivity index (χ1v) is 12.2. The number of carbonyl (C=O) groups is 2. The summed E-state index contributed by atoms with van der Waals surface area (Å²) >= 11 is 0. The Morgan fingerprint density at radius 2 is 1.75 bits per heavy atom. The van der Waals surface area contributed by atoms with E-state index in [9.17, 15) is 22.4 Å². The van der Waals surface area contributed by atoms with Crippen LogP contribution < -0.4 is 9.62 Å². The molecule has 9 heteroatoms. The standard InChI is InChI=1S/C23H30FN3O4S/c1-6-25-23(29)18(4)26(14-19-9-7-8-10-21(19)24)22(28)15-27(32(5,30)31)20-12-11-16(2)17(3)13-20/h7-13,18H,6,14-15H2,1-5H3,(H,25,29)/t18-/m1/s1. The first-order valence-electron chi connectivity index (χ1n) is 10.3. The number of sulfonamides is 1. The molecule has 0 aromatic heterocycles. The van der Waals surface area contributed by atoms with Crippen LogP contribution in [0.4, 0.5) is 10.1 Å². The van der Waals surface area contributed by atoms with Crippen molar-refractivity contribution < 1.29 is 22.4 Å². The van der Waals surface area contributed by atoms with Gasteiger partial charge in [0.15, 0.2) is 0 Å². The summed E-state index contributed by atoms with van der Waals surface area (Å²) in [5.74, 6) is -1.53. The van der Waals surface area contributed by atoms with Gasteiger partial charge in [-0.2, -0.15) is 0 Å². The van der Waals surface area contributed by atoms with E-state index in [2.05, 4.69) is 5.32 Å². The molecule has 2 aromatic carbocycles. The molecular weight excluding hydrogens is 433 g/mol. The number of benzene rings is 2. The van der Waals surface area contributed by atoms with Crippen molar-refractivity contribution in [1.29, 1.82) is 0 Å². The first-order chi connectivity index (χ1) is 15.0. The number of rotatable bonds is 9. The highest BCUT2D eigenvalue weighted by atomic mass is 32.2. The normalized spacial score (nSPS) is 12.2. The zero-order valence-corrected chi connectivity index (χ0v) is 19.9. The Labute approximate surface area is 189 Å². The van der Waals surface area contributed by atoms with Crippen LogP contribution in [0.25, 0.3) is 0 Å². The summed E-state index contributed by atoms with van der Waals surface area (Å²) in [6.45, 7) is 6.71. The maximum Gasteiger partial charge on any atom is 0.244 e. The van der Waals surface area contributed by atoms with Gasteiger partial charge in [-0.1, -0.05) is 24.3 Å². The summed E-state index contributed by atoms with van der Waals surface area (Å²) in [7, 11) is -3.80. The second-order valence-corrected chi connectivity index (χ2v) is 9.63. The molecule has 2 rings (SSSR count). The van der Waals surface area contributed by atoms with Gasteiger partial charge in [0.05, 0.1) is 11.9 Å². The van der Waals surface area contributed by atoms with Crippen LogP contribution in [-0.4, -0.2) is 50.5 Å².